The van der Waals surface area contributed by atoms with Crippen molar-refractivity contribution in [2.45, 2.75) is 12.7 Å². The lowest BCUT2D eigenvalue weighted by Gasteiger charge is -2.09. The molecule has 0 saturated heterocycles. The molecule has 0 saturated carbocycles. The molecule has 0 aliphatic rings. The predicted molar refractivity (Wildman–Crippen MR) is 60.5 cm³/mol. The summed E-state index contributed by atoms with van der Waals surface area (Å²) in [5, 5.41) is 12.0. The van der Waals surface area contributed by atoms with E-state index in [9.17, 15) is 13.2 Å². The van der Waals surface area contributed by atoms with E-state index >= 15 is 0 Å². The fourth-order valence-corrected chi connectivity index (χ4v) is 1.75. The SMILES string of the molecule is N/C(=N/O)c1ccc2c(ccn2CC(F)(F)F)c1. The van der Waals surface area contributed by atoms with Gasteiger partial charge >= 0.3 is 6.18 Å². The van der Waals surface area contributed by atoms with Crippen LogP contribution in [0.5, 0.6) is 0 Å². The summed E-state index contributed by atoms with van der Waals surface area (Å²) in [5.41, 5.74) is 6.31. The average molecular weight is 257 g/mol. The summed E-state index contributed by atoms with van der Waals surface area (Å²) < 4.78 is 38.1. The summed E-state index contributed by atoms with van der Waals surface area (Å²) in [7, 11) is 0. The van der Waals surface area contributed by atoms with Gasteiger partial charge in [0, 0.05) is 22.7 Å². The van der Waals surface area contributed by atoms with Crippen molar-refractivity contribution in [2.24, 2.45) is 10.9 Å². The Kier molecular flexibility index (Phi) is 2.90. The van der Waals surface area contributed by atoms with E-state index in [4.69, 9.17) is 10.9 Å². The van der Waals surface area contributed by atoms with Crippen molar-refractivity contribution < 1.29 is 18.4 Å². The second kappa shape index (κ2) is 4.25. The van der Waals surface area contributed by atoms with E-state index in [0.717, 1.165) is 4.57 Å². The van der Waals surface area contributed by atoms with Gasteiger partial charge in [-0.15, -0.1) is 0 Å². The molecule has 0 spiro atoms. The highest BCUT2D eigenvalue weighted by Crippen LogP contribution is 2.23. The number of nitrogens with zero attached hydrogens (tertiary/aromatic N) is 2. The van der Waals surface area contributed by atoms with Crippen molar-refractivity contribution in [3.05, 3.63) is 36.0 Å². The Morgan fingerprint density at radius 3 is 2.67 bits per heavy atom. The van der Waals surface area contributed by atoms with Gasteiger partial charge in [-0.1, -0.05) is 5.16 Å². The number of fused-ring (bicyclic) bond motifs is 1. The van der Waals surface area contributed by atoms with Gasteiger partial charge in [0.2, 0.25) is 0 Å². The van der Waals surface area contributed by atoms with Crippen molar-refractivity contribution in [1.82, 2.24) is 4.57 Å². The zero-order valence-electron chi connectivity index (χ0n) is 9.15. The standard InChI is InChI=1S/C11H10F3N3O/c12-11(13,14)6-17-4-3-7-5-8(10(15)16-18)1-2-9(7)17/h1-5,18H,6H2,(H2,15,16). The van der Waals surface area contributed by atoms with Gasteiger partial charge in [-0.05, 0) is 24.3 Å². The second-order valence-electron chi connectivity index (χ2n) is 3.82. The van der Waals surface area contributed by atoms with Gasteiger partial charge in [0.05, 0.1) is 0 Å². The van der Waals surface area contributed by atoms with Gasteiger partial charge in [0.25, 0.3) is 0 Å². The molecule has 3 N–H and O–H groups in total. The molecule has 96 valence electrons. The van der Waals surface area contributed by atoms with Gasteiger partial charge in [0.1, 0.15) is 6.54 Å². The van der Waals surface area contributed by atoms with E-state index in [1.54, 1.807) is 12.1 Å². The van der Waals surface area contributed by atoms with E-state index in [1.165, 1.54) is 18.3 Å². The van der Waals surface area contributed by atoms with E-state index in [1.807, 2.05) is 0 Å². The Morgan fingerprint density at radius 1 is 1.33 bits per heavy atom. The molecule has 7 heteroatoms. The summed E-state index contributed by atoms with van der Waals surface area (Å²) in [6.07, 6.45) is -2.91. The van der Waals surface area contributed by atoms with Crippen molar-refractivity contribution in [3.63, 3.8) is 0 Å². The number of hydrogen-bond acceptors (Lipinski definition) is 2. The molecule has 0 aliphatic heterocycles. The number of alkyl halides is 3. The highest BCUT2D eigenvalue weighted by atomic mass is 19.4. The van der Waals surface area contributed by atoms with E-state index < -0.39 is 12.7 Å². The third kappa shape index (κ3) is 2.39. The van der Waals surface area contributed by atoms with Crippen molar-refractivity contribution in [3.8, 4) is 0 Å². The Hall–Kier alpha value is -2.18. The molecule has 2 aromatic rings. The van der Waals surface area contributed by atoms with Crippen LogP contribution in [0.1, 0.15) is 5.56 Å². The van der Waals surface area contributed by atoms with Crippen LogP contribution in [0, 0.1) is 0 Å². The van der Waals surface area contributed by atoms with Gasteiger partial charge in [-0.2, -0.15) is 13.2 Å². The molecule has 4 nitrogen and oxygen atoms in total. The highest BCUT2D eigenvalue weighted by Gasteiger charge is 2.28. The minimum Gasteiger partial charge on any atom is -0.409 e. The highest BCUT2D eigenvalue weighted by molar-refractivity contribution is 6.00. The maximum Gasteiger partial charge on any atom is 0.406 e. The van der Waals surface area contributed by atoms with Crippen LogP contribution in [0.25, 0.3) is 10.9 Å². The smallest absolute Gasteiger partial charge is 0.406 e. The monoisotopic (exact) mass is 257 g/mol. The molecule has 0 bridgehead atoms. The Bertz CT molecular complexity index is 601. The molecule has 18 heavy (non-hydrogen) atoms. The number of rotatable bonds is 2. The number of aromatic nitrogens is 1. The number of amidine groups is 1. The predicted octanol–water partition coefficient (Wildman–Crippen LogP) is 2.30. The number of nitrogens with two attached hydrogens (primary N) is 1. The van der Waals surface area contributed by atoms with E-state index in [-0.39, 0.29) is 5.84 Å². The first-order valence-corrected chi connectivity index (χ1v) is 5.04. The molecule has 0 amide bonds. The molecule has 1 aromatic heterocycles. The fourth-order valence-electron chi connectivity index (χ4n) is 1.75. The van der Waals surface area contributed by atoms with Crippen molar-refractivity contribution in [2.75, 3.05) is 0 Å². The number of benzene rings is 1. The first kappa shape index (κ1) is 12.3. The number of oxime groups is 1. The molecular formula is C11H10F3N3O. The van der Waals surface area contributed by atoms with Gasteiger partial charge < -0.3 is 15.5 Å². The summed E-state index contributed by atoms with van der Waals surface area (Å²) in [6.45, 7) is -1.04. The minimum atomic E-state index is -4.27. The molecule has 0 radical (unpaired) electrons. The van der Waals surface area contributed by atoms with Crippen LogP contribution < -0.4 is 5.73 Å². The van der Waals surface area contributed by atoms with Crippen molar-refractivity contribution in [1.29, 1.82) is 0 Å². The molecule has 1 aromatic carbocycles. The minimum absolute atomic E-state index is 0.0829. The van der Waals surface area contributed by atoms with Crippen LogP contribution in [-0.2, 0) is 6.54 Å². The van der Waals surface area contributed by atoms with Gasteiger partial charge in [-0.25, -0.2) is 0 Å². The molecule has 1 heterocycles. The maximum atomic E-state index is 12.3. The zero-order chi connectivity index (χ0) is 13.3. The second-order valence-corrected chi connectivity index (χ2v) is 3.82. The fraction of sp³-hybridized carbons (Fsp3) is 0.182. The topological polar surface area (TPSA) is 63.5 Å². The Balaban J connectivity index is 2.44. The first-order chi connectivity index (χ1) is 8.40. The molecule has 2 rings (SSSR count). The number of halogens is 3. The largest absolute Gasteiger partial charge is 0.409 e. The van der Waals surface area contributed by atoms with Crippen LogP contribution in [0.3, 0.4) is 0 Å². The van der Waals surface area contributed by atoms with Crippen molar-refractivity contribution >= 4 is 16.7 Å². The zero-order valence-corrected chi connectivity index (χ0v) is 9.15. The van der Waals surface area contributed by atoms with Crippen LogP contribution in [-0.4, -0.2) is 21.8 Å². The molecule has 0 atom stereocenters. The van der Waals surface area contributed by atoms with E-state index in [2.05, 4.69) is 5.16 Å². The summed E-state index contributed by atoms with van der Waals surface area (Å²) in [5.74, 6) is -0.0829. The molecule has 0 fully saturated rings. The summed E-state index contributed by atoms with van der Waals surface area (Å²) in [4.78, 5) is 0. The quantitative estimate of drug-likeness (QED) is 0.375. The molecule has 0 unspecified atom stereocenters. The average Bonchev–Trinajstić information content (AvgIpc) is 2.68. The first-order valence-electron chi connectivity index (χ1n) is 5.04. The Labute approximate surface area is 100 Å². The molecule has 0 aliphatic carbocycles. The van der Waals surface area contributed by atoms with Crippen LogP contribution in [0.2, 0.25) is 0 Å². The van der Waals surface area contributed by atoms with Crippen LogP contribution >= 0.6 is 0 Å². The summed E-state index contributed by atoms with van der Waals surface area (Å²) in [6, 6.07) is 6.13. The van der Waals surface area contributed by atoms with Crippen LogP contribution in [0.4, 0.5) is 13.2 Å². The van der Waals surface area contributed by atoms with Crippen LogP contribution in [0.15, 0.2) is 35.6 Å². The van der Waals surface area contributed by atoms with Gasteiger partial charge in [0.15, 0.2) is 5.84 Å². The van der Waals surface area contributed by atoms with Gasteiger partial charge in [-0.3, -0.25) is 0 Å². The third-order valence-electron chi connectivity index (χ3n) is 2.52. The lowest BCUT2D eigenvalue weighted by Crippen LogP contribution is -2.17. The Morgan fingerprint density at radius 2 is 2.06 bits per heavy atom. The normalized spacial score (nSPS) is 13.2. The summed E-state index contributed by atoms with van der Waals surface area (Å²) >= 11 is 0. The third-order valence-corrected chi connectivity index (χ3v) is 2.52. The maximum absolute atomic E-state index is 12.3. The number of hydrogen-bond donors (Lipinski definition) is 2. The molecular weight excluding hydrogens is 247 g/mol. The lowest BCUT2D eigenvalue weighted by molar-refractivity contribution is -0.139. The lowest BCUT2D eigenvalue weighted by atomic mass is 10.1. The van der Waals surface area contributed by atoms with E-state index in [0.29, 0.717) is 16.5 Å².